The molecule has 152 valence electrons. The highest BCUT2D eigenvalue weighted by molar-refractivity contribution is 5.70. The average Bonchev–Trinajstić information content (AvgIpc) is 3.27. The summed E-state index contributed by atoms with van der Waals surface area (Å²) in [6, 6.07) is 14.3. The molecule has 0 radical (unpaired) electrons. The molecule has 3 aliphatic heterocycles. The molecule has 6 heteroatoms. The van der Waals surface area contributed by atoms with Gasteiger partial charge in [0.05, 0.1) is 18.8 Å². The Morgan fingerprint density at radius 2 is 1.93 bits per heavy atom. The number of fused-ring (bicyclic) bond motifs is 2. The first-order valence-corrected chi connectivity index (χ1v) is 10.2. The van der Waals surface area contributed by atoms with Crippen LogP contribution in [0.5, 0.6) is 0 Å². The van der Waals surface area contributed by atoms with Gasteiger partial charge in [0.15, 0.2) is 0 Å². The van der Waals surface area contributed by atoms with E-state index in [0.29, 0.717) is 13.2 Å². The minimum Gasteiger partial charge on any atom is -0.443 e. The Labute approximate surface area is 170 Å². The summed E-state index contributed by atoms with van der Waals surface area (Å²) in [5.74, 6) is -0.0585. The Balaban J connectivity index is 1.42. The molecule has 2 aromatic rings. The van der Waals surface area contributed by atoms with E-state index in [2.05, 4.69) is 18.0 Å². The molecule has 0 aromatic heterocycles. The van der Waals surface area contributed by atoms with Gasteiger partial charge in [0.1, 0.15) is 11.9 Å². The van der Waals surface area contributed by atoms with Gasteiger partial charge in [-0.15, -0.1) is 0 Å². The number of benzene rings is 2. The highest BCUT2D eigenvalue weighted by atomic mass is 19.1. The first-order valence-electron chi connectivity index (χ1n) is 10.2. The van der Waals surface area contributed by atoms with Gasteiger partial charge in [-0.05, 0) is 42.3 Å². The lowest BCUT2D eigenvalue weighted by atomic mass is 9.88. The second kappa shape index (κ2) is 7.43. The fourth-order valence-electron chi connectivity index (χ4n) is 4.96. The van der Waals surface area contributed by atoms with Crippen molar-refractivity contribution in [3.8, 4) is 0 Å². The van der Waals surface area contributed by atoms with Gasteiger partial charge in [0.25, 0.3) is 0 Å². The lowest BCUT2D eigenvalue weighted by Gasteiger charge is -2.37. The smallest absolute Gasteiger partial charge is 0.410 e. The fraction of sp³-hybridized carbons (Fsp3) is 0.435. The van der Waals surface area contributed by atoms with E-state index in [4.69, 9.17) is 9.47 Å². The summed E-state index contributed by atoms with van der Waals surface area (Å²) in [7, 11) is 2.06. The number of carbonyl (C=O) groups excluding carboxylic acids is 1. The van der Waals surface area contributed by atoms with Crippen molar-refractivity contribution >= 4 is 6.09 Å². The topological polar surface area (TPSA) is 42.0 Å². The van der Waals surface area contributed by atoms with Crippen molar-refractivity contribution in [1.29, 1.82) is 0 Å². The third kappa shape index (κ3) is 3.40. The summed E-state index contributed by atoms with van der Waals surface area (Å²) in [5.41, 5.74) is 3.17. The monoisotopic (exact) mass is 396 g/mol. The SMILES string of the molecule is CN1C[C@@H]2[C@H](C1)OC[C@@H]2OC(=O)N1CCc2ccccc2[C@@H]1c1ccc(F)cc1. The predicted octanol–water partition coefficient (Wildman–Crippen LogP) is 3.24. The van der Waals surface area contributed by atoms with E-state index >= 15 is 0 Å². The molecule has 2 aromatic carbocycles. The van der Waals surface area contributed by atoms with Crippen LogP contribution in [0.4, 0.5) is 9.18 Å². The van der Waals surface area contributed by atoms with Crippen LogP contribution in [0.2, 0.25) is 0 Å². The Hall–Kier alpha value is -2.44. The lowest BCUT2D eigenvalue weighted by molar-refractivity contribution is 0.0294. The van der Waals surface area contributed by atoms with Gasteiger partial charge in [0, 0.05) is 25.6 Å². The maximum atomic E-state index is 13.5. The van der Waals surface area contributed by atoms with Gasteiger partial charge in [0.2, 0.25) is 0 Å². The second-order valence-corrected chi connectivity index (χ2v) is 8.28. The molecule has 3 heterocycles. The van der Waals surface area contributed by atoms with Crippen LogP contribution in [0.1, 0.15) is 22.7 Å². The van der Waals surface area contributed by atoms with Crippen LogP contribution in [0, 0.1) is 11.7 Å². The highest BCUT2D eigenvalue weighted by Gasteiger charge is 2.46. The van der Waals surface area contributed by atoms with Crippen molar-refractivity contribution in [3.63, 3.8) is 0 Å². The molecule has 29 heavy (non-hydrogen) atoms. The number of hydrogen-bond donors (Lipinski definition) is 0. The molecular weight excluding hydrogens is 371 g/mol. The molecule has 0 saturated carbocycles. The van der Waals surface area contributed by atoms with Crippen molar-refractivity contribution < 1.29 is 18.7 Å². The summed E-state index contributed by atoms with van der Waals surface area (Å²) in [6.45, 7) is 2.79. The summed E-state index contributed by atoms with van der Waals surface area (Å²) in [4.78, 5) is 17.2. The van der Waals surface area contributed by atoms with Crippen LogP contribution in [0.25, 0.3) is 0 Å². The molecular formula is C23H25FN2O3. The fourth-order valence-corrected chi connectivity index (χ4v) is 4.96. The number of likely N-dealkylation sites (N-methyl/N-ethyl adjacent to an activating group) is 1. The molecule has 2 fully saturated rings. The molecule has 2 saturated heterocycles. The minimum absolute atomic E-state index is 0.146. The molecule has 0 N–H and O–H groups in total. The molecule has 3 aliphatic rings. The second-order valence-electron chi connectivity index (χ2n) is 8.28. The normalized spacial score (nSPS) is 28.8. The summed E-state index contributed by atoms with van der Waals surface area (Å²) in [6.07, 6.45) is 0.382. The lowest BCUT2D eigenvalue weighted by Crippen LogP contribution is -2.43. The molecule has 5 nitrogen and oxygen atoms in total. The summed E-state index contributed by atoms with van der Waals surface area (Å²) < 4.78 is 25.3. The molecule has 0 spiro atoms. The standard InChI is InChI=1S/C23H25FN2O3/c1-25-12-19-20(13-25)28-14-21(19)29-23(27)26-11-10-15-4-2-3-5-18(15)22(26)16-6-8-17(24)9-7-16/h2-9,19-22H,10-14H2,1H3/t19-,20+,21+,22+/m1/s1. The van der Waals surface area contributed by atoms with Crippen LogP contribution < -0.4 is 0 Å². The average molecular weight is 396 g/mol. The van der Waals surface area contributed by atoms with Gasteiger partial charge in [-0.3, -0.25) is 4.90 Å². The van der Waals surface area contributed by atoms with E-state index < -0.39 is 0 Å². The zero-order valence-electron chi connectivity index (χ0n) is 16.5. The van der Waals surface area contributed by atoms with Gasteiger partial charge >= 0.3 is 6.09 Å². The van der Waals surface area contributed by atoms with Crippen molar-refractivity contribution in [2.45, 2.75) is 24.7 Å². The van der Waals surface area contributed by atoms with Crippen molar-refractivity contribution in [2.75, 3.05) is 33.3 Å². The van der Waals surface area contributed by atoms with Gasteiger partial charge in [-0.1, -0.05) is 36.4 Å². The first kappa shape index (κ1) is 18.6. The van der Waals surface area contributed by atoms with Crippen LogP contribution in [0.3, 0.4) is 0 Å². The molecule has 0 unspecified atom stereocenters. The summed E-state index contributed by atoms with van der Waals surface area (Å²) >= 11 is 0. The van der Waals surface area contributed by atoms with Gasteiger partial charge < -0.3 is 14.4 Å². The first-order chi connectivity index (χ1) is 14.1. The Morgan fingerprint density at radius 3 is 2.76 bits per heavy atom. The van der Waals surface area contributed by atoms with Crippen LogP contribution in [-0.4, -0.2) is 61.4 Å². The number of amides is 1. The van der Waals surface area contributed by atoms with E-state index in [9.17, 15) is 9.18 Å². The van der Waals surface area contributed by atoms with E-state index in [1.54, 1.807) is 17.0 Å². The minimum atomic E-state index is -0.322. The maximum absolute atomic E-state index is 13.5. The van der Waals surface area contributed by atoms with Crippen LogP contribution >= 0.6 is 0 Å². The Kier molecular flexibility index (Phi) is 4.76. The van der Waals surface area contributed by atoms with E-state index in [1.165, 1.54) is 17.7 Å². The number of halogens is 1. The number of hydrogen-bond acceptors (Lipinski definition) is 4. The van der Waals surface area contributed by atoms with E-state index in [0.717, 1.165) is 30.6 Å². The zero-order chi connectivity index (χ0) is 20.0. The predicted molar refractivity (Wildman–Crippen MR) is 106 cm³/mol. The molecule has 5 rings (SSSR count). The van der Waals surface area contributed by atoms with Crippen LogP contribution in [0.15, 0.2) is 48.5 Å². The van der Waals surface area contributed by atoms with Crippen molar-refractivity contribution in [1.82, 2.24) is 9.80 Å². The summed E-state index contributed by atoms with van der Waals surface area (Å²) in [5, 5.41) is 0. The van der Waals surface area contributed by atoms with Crippen molar-refractivity contribution in [3.05, 3.63) is 71.0 Å². The number of ether oxygens (including phenoxy) is 2. The van der Waals surface area contributed by atoms with Crippen molar-refractivity contribution in [2.24, 2.45) is 5.92 Å². The third-order valence-electron chi connectivity index (χ3n) is 6.40. The highest BCUT2D eigenvalue weighted by Crippen LogP contribution is 2.37. The molecule has 1 amide bonds. The molecule has 0 aliphatic carbocycles. The van der Waals surface area contributed by atoms with E-state index in [-0.39, 0.29) is 36.1 Å². The Morgan fingerprint density at radius 1 is 1.14 bits per heavy atom. The number of rotatable bonds is 2. The quantitative estimate of drug-likeness (QED) is 0.782. The largest absolute Gasteiger partial charge is 0.443 e. The van der Waals surface area contributed by atoms with Crippen LogP contribution in [-0.2, 0) is 15.9 Å². The number of nitrogens with zero attached hydrogens (tertiary/aromatic N) is 2. The molecule has 4 atom stereocenters. The third-order valence-corrected chi connectivity index (χ3v) is 6.40. The van der Waals surface area contributed by atoms with E-state index in [1.807, 2.05) is 18.2 Å². The van der Waals surface area contributed by atoms with Gasteiger partial charge in [-0.25, -0.2) is 9.18 Å². The molecule has 0 bridgehead atoms. The number of likely N-dealkylation sites (tertiary alicyclic amines) is 1. The Bertz CT molecular complexity index is 903. The number of carbonyl (C=O) groups is 1. The maximum Gasteiger partial charge on any atom is 0.410 e. The van der Waals surface area contributed by atoms with Gasteiger partial charge in [-0.2, -0.15) is 0 Å². The zero-order valence-corrected chi connectivity index (χ0v) is 16.5.